The number of rotatable bonds is 4. The smallest absolute Gasteiger partial charge is 0.159 e. The maximum Gasteiger partial charge on any atom is 0.159 e. The third kappa shape index (κ3) is 4.50. The van der Waals surface area contributed by atoms with Crippen LogP contribution in [0.1, 0.15) is 11.1 Å². The molecule has 1 aliphatic heterocycles. The molecule has 0 saturated carbocycles. The lowest BCUT2D eigenvalue weighted by Gasteiger charge is -2.34. The minimum Gasteiger partial charge on any atom is -0.456 e. The summed E-state index contributed by atoms with van der Waals surface area (Å²) in [5.41, 5.74) is 16.1. The standard InChI is InChI=1S/C54H34N2O3/c1-31-12-7-14-33(28-31)55(43-22-10-17-37-35-15-3-5-24-46(35)58-53(37)43)34-26-27-39-48(29-34)57-49-30-45-51-40(19-9-20-41(51)52(39)49)50-32(2)13-8-21-42(50)56(45)44-23-11-18-38-36-16-4-6-25-47(36)59-54(38)44/h3-30H,1-2H3. The Kier molecular flexibility index (Phi) is 6.51. The van der Waals surface area contributed by atoms with E-state index >= 15 is 0 Å². The molecule has 0 unspecified atom stereocenters. The summed E-state index contributed by atoms with van der Waals surface area (Å²) >= 11 is 0. The van der Waals surface area contributed by atoms with E-state index in [-0.39, 0.29) is 0 Å². The second-order valence-corrected chi connectivity index (χ2v) is 15.8. The van der Waals surface area contributed by atoms with Crippen molar-refractivity contribution in [2.45, 2.75) is 13.8 Å². The van der Waals surface area contributed by atoms with Crippen molar-refractivity contribution >= 4 is 111 Å². The summed E-state index contributed by atoms with van der Waals surface area (Å²) < 4.78 is 20.3. The molecule has 0 amide bonds. The van der Waals surface area contributed by atoms with Gasteiger partial charge in [0.25, 0.3) is 0 Å². The number of nitrogens with zero attached hydrogens (tertiary/aromatic N) is 2. The van der Waals surface area contributed by atoms with Crippen molar-refractivity contribution in [1.82, 2.24) is 0 Å². The summed E-state index contributed by atoms with van der Waals surface area (Å²) in [7, 11) is 0. The van der Waals surface area contributed by atoms with Crippen molar-refractivity contribution in [1.29, 1.82) is 0 Å². The van der Waals surface area contributed by atoms with Gasteiger partial charge in [0.05, 0.1) is 28.4 Å². The molecular formula is C54H34N2O3. The summed E-state index contributed by atoms with van der Waals surface area (Å²) in [4.78, 5) is 4.67. The van der Waals surface area contributed by atoms with Crippen molar-refractivity contribution in [3.05, 3.63) is 181 Å². The van der Waals surface area contributed by atoms with Gasteiger partial charge in [0.15, 0.2) is 11.2 Å². The van der Waals surface area contributed by atoms with Gasteiger partial charge in [0.2, 0.25) is 0 Å². The molecule has 278 valence electrons. The Bertz CT molecular complexity index is 3730. The van der Waals surface area contributed by atoms with E-state index in [0.29, 0.717) is 0 Å². The highest BCUT2D eigenvalue weighted by atomic mass is 16.3. The lowest BCUT2D eigenvalue weighted by molar-refractivity contribution is 0.667. The Labute approximate surface area is 338 Å². The summed E-state index contributed by atoms with van der Waals surface area (Å²) in [6.07, 6.45) is 0. The van der Waals surface area contributed by atoms with Gasteiger partial charge in [0.1, 0.15) is 22.3 Å². The molecule has 3 aromatic heterocycles. The van der Waals surface area contributed by atoms with Gasteiger partial charge in [-0.15, -0.1) is 0 Å². The van der Waals surface area contributed by atoms with Crippen LogP contribution in [-0.2, 0) is 0 Å². The van der Waals surface area contributed by atoms with Crippen LogP contribution in [0.25, 0.3) is 87.7 Å². The lowest BCUT2D eigenvalue weighted by atomic mass is 9.87. The Morgan fingerprint density at radius 1 is 0.407 bits per heavy atom. The third-order valence-corrected chi connectivity index (χ3v) is 12.3. The molecule has 0 atom stereocenters. The van der Waals surface area contributed by atoms with E-state index in [2.05, 4.69) is 169 Å². The molecule has 0 fully saturated rings. The molecule has 0 spiro atoms. The normalized spacial score (nSPS) is 12.5. The van der Waals surface area contributed by atoms with Gasteiger partial charge in [-0.2, -0.15) is 0 Å². The average molecular weight is 759 g/mol. The van der Waals surface area contributed by atoms with Crippen LogP contribution >= 0.6 is 0 Å². The van der Waals surface area contributed by atoms with Gasteiger partial charge in [-0.05, 0) is 90.5 Å². The van der Waals surface area contributed by atoms with Crippen LogP contribution in [-0.4, -0.2) is 0 Å². The van der Waals surface area contributed by atoms with Crippen LogP contribution in [0.2, 0.25) is 0 Å². The summed E-state index contributed by atoms with van der Waals surface area (Å²) in [6.45, 7) is 4.34. The Balaban J connectivity index is 1.07. The van der Waals surface area contributed by atoms with E-state index in [1.54, 1.807) is 0 Å². The second-order valence-electron chi connectivity index (χ2n) is 15.8. The van der Waals surface area contributed by atoms with Crippen molar-refractivity contribution < 1.29 is 13.3 Å². The molecule has 9 aromatic carbocycles. The zero-order valence-electron chi connectivity index (χ0n) is 32.3. The Morgan fingerprint density at radius 3 is 1.90 bits per heavy atom. The van der Waals surface area contributed by atoms with Crippen LogP contribution < -0.4 is 9.80 Å². The topological polar surface area (TPSA) is 45.9 Å². The predicted octanol–water partition coefficient (Wildman–Crippen LogP) is 16.1. The lowest BCUT2D eigenvalue weighted by Crippen LogP contribution is -2.16. The van der Waals surface area contributed by atoms with Gasteiger partial charge in [-0.3, -0.25) is 0 Å². The van der Waals surface area contributed by atoms with Gasteiger partial charge in [-0.25, -0.2) is 0 Å². The van der Waals surface area contributed by atoms with Crippen molar-refractivity contribution in [2.24, 2.45) is 0 Å². The maximum atomic E-state index is 7.02. The predicted molar refractivity (Wildman–Crippen MR) is 244 cm³/mol. The maximum absolute atomic E-state index is 7.02. The molecule has 0 radical (unpaired) electrons. The van der Waals surface area contributed by atoms with Crippen LogP contribution in [0.15, 0.2) is 183 Å². The Morgan fingerprint density at radius 2 is 1.07 bits per heavy atom. The van der Waals surface area contributed by atoms with E-state index in [1.165, 1.54) is 27.6 Å². The number of aryl methyl sites for hydroxylation is 2. The molecule has 12 aromatic rings. The second kappa shape index (κ2) is 11.9. The summed E-state index contributed by atoms with van der Waals surface area (Å²) in [6, 6.07) is 60.2. The number of hydrogen-bond donors (Lipinski definition) is 0. The van der Waals surface area contributed by atoms with Crippen LogP contribution in [0.4, 0.5) is 34.1 Å². The van der Waals surface area contributed by atoms with Gasteiger partial charge in [-0.1, -0.05) is 103 Å². The number of para-hydroxylation sites is 4. The first-order chi connectivity index (χ1) is 29.1. The molecule has 13 rings (SSSR count). The number of furan rings is 3. The number of benzene rings is 9. The highest BCUT2D eigenvalue weighted by Gasteiger charge is 2.31. The van der Waals surface area contributed by atoms with Crippen LogP contribution in [0.3, 0.4) is 0 Å². The van der Waals surface area contributed by atoms with Gasteiger partial charge < -0.3 is 23.1 Å². The zero-order valence-corrected chi connectivity index (χ0v) is 32.3. The summed E-state index contributed by atoms with van der Waals surface area (Å²) in [5.74, 6) is 0. The SMILES string of the molecule is Cc1cccc(N(c2ccc3c(c2)oc2cc4c5c(cccc5c23)-c2c(C)cccc2N4c2cccc3c2oc2ccccc23)c2cccc3c2oc2ccccc23)c1. The zero-order chi connectivity index (χ0) is 38.9. The fraction of sp³-hybridized carbons (Fsp3) is 0.0370. The van der Waals surface area contributed by atoms with E-state index in [4.69, 9.17) is 13.3 Å². The number of hydrogen-bond acceptors (Lipinski definition) is 5. The minimum atomic E-state index is 0.815. The van der Waals surface area contributed by atoms with E-state index in [0.717, 1.165) is 105 Å². The van der Waals surface area contributed by atoms with Crippen LogP contribution in [0.5, 0.6) is 0 Å². The van der Waals surface area contributed by atoms with Crippen molar-refractivity contribution in [2.75, 3.05) is 9.80 Å². The molecule has 0 aliphatic carbocycles. The molecule has 4 heterocycles. The van der Waals surface area contributed by atoms with E-state index in [1.807, 2.05) is 24.3 Å². The Hall–Kier alpha value is -7.76. The highest BCUT2D eigenvalue weighted by Crippen LogP contribution is 2.56. The molecule has 5 nitrogen and oxygen atoms in total. The minimum absolute atomic E-state index is 0.815. The van der Waals surface area contributed by atoms with Gasteiger partial charge >= 0.3 is 0 Å². The first kappa shape index (κ1) is 32.3. The van der Waals surface area contributed by atoms with E-state index in [9.17, 15) is 0 Å². The fourth-order valence-electron chi connectivity index (χ4n) is 9.83. The molecule has 5 heteroatoms. The van der Waals surface area contributed by atoms with Crippen molar-refractivity contribution in [3.63, 3.8) is 0 Å². The van der Waals surface area contributed by atoms with Crippen LogP contribution in [0, 0.1) is 13.8 Å². The molecule has 0 N–H and O–H groups in total. The summed E-state index contributed by atoms with van der Waals surface area (Å²) in [5, 5.41) is 8.91. The quantitative estimate of drug-likeness (QED) is 0.179. The number of fused-ring (bicyclic) bond motifs is 12. The molecular weight excluding hydrogens is 725 g/mol. The monoisotopic (exact) mass is 758 g/mol. The highest BCUT2D eigenvalue weighted by molar-refractivity contribution is 6.28. The third-order valence-electron chi connectivity index (χ3n) is 12.3. The fourth-order valence-corrected chi connectivity index (χ4v) is 9.83. The molecule has 0 saturated heterocycles. The molecule has 1 aliphatic rings. The van der Waals surface area contributed by atoms with E-state index < -0.39 is 0 Å². The molecule has 59 heavy (non-hydrogen) atoms. The largest absolute Gasteiger partial charge is 0.456 e. The average Bonchev–Trinajstić information content (AvgIpc) is 3.96. The van der Waals surface area contributed by atoms with Crippen molar-refractivity contribution in [3.8, 4) is 11.1 Å². The molecule has 0 bridgehead atoms. The first-order valence-corrected chi connectivity index (χ1v) is 20.1. The first-order valence-electron chi connectivity index (χ1n) is 20.1. The number of anilines is 6. The van der Waals surface area contributed by atoms with Gasteiger partial charge in [0, 0.05) is 61.1 Å².